The van der Waals surface area contributed by atoms with E-state index < -0.39 is 36.0 Å². The minimum absolute atomic E-state index is 0.0210. The molecule has 0 atom stereocenters. The van der Waals surface area contributed by atoms with Crippen molar-refractivity contribution in [3.63, 3.8) is 0 Å². The van der Waals surface area contributed by atoms with Crippen molar-refractivity contribution in [2.24, 2.45) is 0 Å². The molecule has 12 heteroatoms. The summed E-state index contributed by atoms with van der Waals surface area (Å²) in [5.41, 5.74) is 4.60. The zero-order valence-electron chi connectivity index (χ0n) is 17.6. The number of benzene rings is 2. The van der Waals surface area contributed by atoms with Gasteiger partial charge in [0.1, 0.15) is 18.1 Å². The molecule has 34 heavy (non-hydrogen) atoms. The van der Waals surface area contributed by atoms with Crippen molar-refractivity contribution in [1.82, 2.24) is 9.97 Å². The average molecular weight is 475 g/mol. The van der Waals surface area contributed by atoms with Crippen LogP contribution in [0.2, 0.25) is 0 Å². The van der Waals surface area contributed by atoms with Crippen molar-refractivity contribution in [2.45, 2.75) is 19.5 Å². The van der Waals surface area contributed by atoms with Crippen molar-refractivity contribution in [3.8, 4) is 11.6 Å². The molecule has 0 radical (unpaired) electrons. The predicted molar refractivity (Wildman–Crippen MR) is 114 cm³/mol. The van der Waals surface area contributed by atoms with E-state index in [1.54, 1.807) is 13.0 Å². The van der Waals surface area contributed by atoms with E-state index in [0.29, 0.717) is 29.9 Å². The fourth-order valence-corrected chi connectivity index (χ4v) is 3.50. The Balaban J connectivity index is 1.64. The van der Waals surface area contributed by atoms with Gasteiger partial charge in [0.15, 0.2) is 0 Å². The van der Waals surface area contributed by atoms with Gasteiger partial charge in [-0.25, -0.2) is 19.1 Å². The van der Waals surface area contributed by atoms with Crippen LogP contribution in [0, 0.1) is 5.82 Å². The number of anilines is 3. The topological polar surface area (TPSA) is 102 Å². The van der Waals surface area contributed by atoms with E-state index in [1.165, 1.54) is 24.4 Å². The van der Waals surface area contributed by atoms with Crippen LogP contribution in [-0.2, 0) is 17.4 Å². The molecule has 1 aliphatic rings. The molecule has 2 N–H and O–H groups in total. The summed E-state index contributed by atoms with van der Waals surface area (Å²) < 4.78 is 58.6. The molecule has 176 valence electrons. The highest BCUT2D eigenvalue weighted by Gasteiger charge is 2.41. The van der Waals surface area contributed by atoms with Crippen molar-refractivity contribution in [3.05, 3.63) is 65.6 Å². The van der Waals surface area contributed by atoms with Crippen LogP contribution in [0.4, 0.5) is 39.7 Å². The number of carbonyl (C=O) groups excluding carboxylic acids is 2. The first-order valence-electron chi connectivity index (χ1n) is 9.99. The first-order chi connectivity index (χ1) is 16.1. The van der Waals surface area contributed by atoms with E-state index in [0.717, 1.165) is 15.9 Å². The molecule has 0 aliphatic carbocycles. The molecule has 2 aromatic carbocycles. The molecule has 0 unspecified atom stereocenters. The van der Waals surface area contributed by atoms with Crippen LogP contribution in [0.1, 0.15) is 18.1 Å². The lowest BCUT2D eigenvalue weighted by Crippen LogP contribution is -2.33. The third-order valence-electron chi connectivity index (χ3n) is 5.08. The van der Waals surface area contributed by atoms with Crippen LogP contribution in [0.15, 0.2) is 48.7 Å². The number of imide groups is 1. The monoisotopic (exact) mass is 475 g/mol. The number of nitrogens with two attached hydrogens (primary N) is 1. The van der Waals surface area contributed by atoms with E-state index in [9.17, 15) is 27.2 Å². The Morgan fingerprint density at radius 1 is 1.12 bits per heavy atom. The van der Waals surface area contributed by atoms with Gasteiger partial charge in [0.25, 0.3) is 5.91 Å². The number of halogens is 4. The lowest BCUT2D eigenvalue weighted by atomic mass is 10.1. The lowest BCUT2D eigenvalue weighted by Gasteiger charge is -2.20. The predicted octanol–water partition coefficient (Wildman–Crippen LogP) is 4.54. The molecule has 4 rings (SSSR count). The van der Waals surface area contributed by atoms with Crippen LogP contribution in [0.3, 0.4) is 0 Å². The number of alkyl halides is 3. The molecule has 1 fully saturated rings. The number of ether oxygens (including phenoxy) is 1. The van der Waals surface area contributed by atoms with Gasteiger partial charge >= 0.3 is 12.2 Å². The molecule has 2 heterocycles. The molecule has 1 aromatic heterocycles. The molecule has 0 saturated carbocycles. The third kappa shape index (κ3) is 4.34. The van der Waals surface area contributed by atoms with E-state index in [4.69, 9.17) is 10.5 Å². The number of hydrogen-bond acceptors (Lipinski definition) is 6. The number of urea groups is 1. The van der Waals surface area contributed by atoms with Gasteiger partial charge in [-0.2, -0.15) is 18.2 Å². The molecule has 3 aromatic rings. The average Bonchev–Trinajstić information content (AvgIpc) is 3.07. The van der Waals surface area contributed by atoms with Crippen molar-refractivity contribution < 1.29 is 31.9 Å². The molecule has 1 aliphatic heterocycles. The number of nitrogen functional groups attached to an aromatic ring is 1. The molecular formula is C22H17F4N5O3. The molecule has 1 saturated heterocycles. The minimum atomic E-state index is -4.95. The molecule has 8 nitrogen and oxygen atoms in total. The fraction of sp³-hybridized carbons (Fsp3) is 0.182. The first kappa shape index (κ1) is 23.0. The van der Waals surface area contributed by atoms with Crippen LogP contribution >= 0.6 is 0 Å². The Labute approximate surface area is 190 Å². The van der Waals surface area contributed by atoms with E-state index in [1.807, 2.05) is 0 Å². The van der Waals surface area contributed by atoms with Crippen LogP contribution < -0.4 is 20.3 Å². The van der Waals surface area contributed by atoms with Gasteiger partial charge in [0, 0.05) is 18.0 Å². The second-order valence-corrected chi connectivity index (χ2v) is 7.26. The van der Waals surface area contributed by atoms with Gasteiger partial charge < -0.3 is 10.5 Å². The molecule has 0 spiro atoms. The van der Waals surface area contributed by atoms with Crippen molar-refractivity contribution in [2.75, 3.05) is 22.1 Å². The summed E-state index contributed by atoms with van der Waals surface area (Å²) in [6.45, 7) is 1.30. The van der Waals surface area contributed by atoms with Crippen LogP contribution in [-0.4, -0.2) is 28.5 Å². The minimum Gasteiger partial charge on any atom is -0.439 e. The summed E-state index contributed by atoms with van der Waals surface area (Å²) in [4.78, 5) is 35.2. The Hall–Kier alpha value is -4.22. The van der Waals surface area contributed by atoms with Crippen LogP contribution in [0.25, 0.3) is 0 Å². The van der Waals surface area contributed by atoms with E-state index in [2.05, 4.69) is 9.97 Å². The Bertz CT molecular complexity index is 1280. The first-order valence-corrected chi connectivity index (χ1v) is 9.99. The number of hydrogen-bond donors (Lipinski definition) is 1. The molecule has 0 bridgehead atoms. The number of nitrogens with zero attached hydrogens (tertiary/aromatic N) is 4. The van der Waals surface area contributed by atoms with Gasteiger partial charge in [0.05, 0.1) is 11.3 Å². The Morgan fingerprint density at radius 2 is 1.88 bits per heavy atom. The second kappa shape index (κ2) is 8.61. The summed E-state index contributed by atoms with van der Waals surface area (Å²) in [7, 11) is 0. The standard InChI is InChI=1S/C22H17F4N5O3/c1-2-12-9-14(34-18-7-8-28-20(27)29-18)4-6-17(12)31-19(32)11-30(21(31)33)13-3-5-16(23)15(10-13)22(24,25)26/h3-10H,2,11H2,1H3,(H2,27,28,29). The molecule has 3 amide bonds. The molecular weight excluding hydrogens is 458 g/mol. The van der Waals surface area contributed by atoms with Gasteiger partial charge in [0.2, 0.25) is 11.8 Å². The second-order valence-electron chi connectivity index (χ2n) is 7.26. The highest BCUT2D eigenvalue weighted by atomic mass is 19.4. The summed E-state index contributed by atoms with van der Waals surface area (Å²) in [6, 6.07) is 7.40. The zero-order valence-corrected chi connectivity index (χ0v) is 17.6. The zero-order chi connectivity index (χ0) is 24.6. The normalized spacial score (nSPS) is 14.1. The summed E-state index contributed by atoms with van der Waals surface area (Å²) >= 11 is 0. The van der Waals surface area contributed by atoms with Gasteiger partial charge in [-0.3, -0.25) is 9.69 Å². The SMILES string of the molecule is CCc1cc(Oc2ccnc(N)n2)ccc1N1C(=O)CN(c2ccc(F)c(C(F)(F)F)c2)C1=O. The maximum absolute atomic E-state index is 13.7. The Kier molecular flexibility index (Phi) is 5.82. The third-order valence-corrected chi connectivity index (χ3v) is 5.08. The quantitative estimate of drug-likeness (QED) is 0.429. The smallest absolute Gasteiger partial charge is 0.419 e. The van der Waals surface area contributed by atoms with E-state index >= 15 is 0 Å². The van der Waals surface area contributed by atoms with Crippen molar-refractivity contribution in [1.29, 1.82) is 0 Å². The maximum atomic E-state index is 13.7. The highest BCUT2D eigenvalue weighted by Crippen LogP contribution is 2.36. The maximum Gasteiger partial charge on any atom is 0.419 e. The lowest BCUT2D eigenvalue weighted by molar-refractivity contribution is -0.139. The summed E-state index contributed by atoms with van der Waals surface area (Å²) in [5, 5.41) is 0. The highest BCUT2D eigenvalue weighted by molar-refractivity contribution is 6.27. The summed E-state index contributed by atoms with van der Waals surface area (Å²) in [5.74, 6) is -1.54. The van der Waals surface area contributed by atoms with Crippen molar-refractivity contribution >= 4 is 29.3 Å². The van der Waals surface area contributed by atoms with E-state index in [-0.39, 0.29) is 23.2 Å². The van der Waals surface area contributed by atoms with Gasteiger partial charge in [-0.05, 0) is 48.4 Å². The summed E-state index contributed by atoms with van der Waals surface area (Å²) in [6.07, 6.45) is -3.13. The van der Waals surface area contributed by atoms with Gasteiger partial charge in [-0.15, -0.1) is 0 Å². The largest absolute Gasteiger partial charge is 0.439 e. The number of rotatable bonds is 5. The fourth-order valence-electron chi connectivity index (χ4n) is 3.50. The number of aryl methyl sites for hydroxylation is 1. The number of aromatic nitrogens is 2. The van der Waals surface area contributed by atoms with Gasteiger partial charge in [-0.1, -0.05) is 6.92 Å². The van der Waals surface area contributed by atoms with Crippen LogP contribution in [0.5, 0.6) is 11.6 Å². The number of amides is 3. The number of carbonyl (C=O) groups is 2. The Morgan fingerprint density at radius 3 is 2.56 bits per heavy atom.